The molecule has 1 unspecified atom stereocenters. The molecule has 0 aliphatic heterocycles. The summed E-state index contributed by atoms with van der Waals surface area (Å²) in [5.74, 6) is -0.836. The van der Waals surface area contributed by atoms with Crippen LogP contribution >= 0.6 is 0 Å². The summed E-state index contributed by atoms with van der Waals surface area (Å²) in [5.41, 5.74) is 0. The molecule has 0 spiro atoms. The molecular weight excluding hydrogens is 1010 g/mol. The lowest BCUT2D eigenvalue weighted by Gasteiger charge is -2.18. The van der Waals surface area contributed by atoms with E-state index in [-0.39, 0.29) is 31.1 Å². The van der Waals surface area contributed by atoms with Gasteiger partial charge in [-0.1, -0.05) is 360 Å². The second kappa shape index (κ2) is 71.4. The molecule has 0 radical (unpaired) electrons. The standard InChI is InChI=1S/C76H144O6/c1-4-7-10-13-16-19-22-25-28-30-32-33-34-35-36-37-38-39-40-41-42-43-44-46-48-51-54-57-60-63-66-69-75(78)81-72-73(71-80-74(77)68-65-62-59-56-53-50-47-27-24-21-18-15-12-9-6-3)82-76(79)70-67-64-61-58-55-52-49-45-31-29-26-23-20-17-14-11-8-5-2/h29-32,73H,4-28,33-72H2,1-3H3/b31-29-,32-30-. The highest BCUT2D eigenvalue weighted by Crippen LogP contribution is 2.19. The van der Waals surface area contributed by atoms with Crippen LogP contribution in [0.5, 0.6) is 0 Å². The number of ether oxygens (including phenoxy) is 3. The predicted molar refractivity (Wildman–Crippen MR) is 358 cm³/mol. The Morgan fingerprint density at radius 1 is 0.232 bits per heavy atom. The SMILES string of the molecule is CCCCCCCCC/C=C\CCCCCCCCCC(=O)OC(COC(=O)CCCCCCCCCCCCCCCCC)COC(=O)CCCCCCCCCCCCCCCCCCCCC/C=C\CCCCCCCCCC. The Morgan fingerprint density at radius 3 is 0.610 bits per heavy atom. The van der Waals surface area contributed by atoms with Gasteiger partial charge in [0.1, 0.15) is 13.2 Å². The third-order valence-electron chi connectivity index (χ3n) is 17.2. The second-order valence-electron chi connectivity index (χ2n) is 25.6. The van der Waals surface area contributed by atoms with Crippen molar-refractivity contribution in [2.45, 2.75) is 431 Å². The second-order valence-corrected chi connectivity index (χ2v) is 25.6. The molecule has 0 aliphatic rings. The fraction of sp³-hybridized carbons (Fsp3) is 0.908. The van der Waals surface area contributed by atoms with Crippen molar-refractivity contribution in [2.75, 3.05) is 13.2 Å². The van der Waals surface area contributed by atoms with Gasteiger partial charge in [-0.3, -0.25) is 14.4 Å². The van der Waals surface area contributed by atoms with Crippen LogP contribution in [0.1, 0.15) is 425 Å². The molecule has 1 atom stereocenters. The number of rotatable bonds is 70. The Balaban J connectivity index is 4.16. The molecule has 0 fully saturated rings. The lowest BCUT2D eigenvalue weighted by Crippen LogP contribution is -2.30. The third kappa shape index (κ3) is 68.7. The van der Waals surface area contributed by atoms with Gasteiger partial charge < -0.3 is 14.2 Å². The number of carbonyl (C=O) groups excluding carboxylic acids is 3. The molecule has 6 heteroatoms. The predicted octanol–water partition coefficient (Wildman–Crippen LogP) is 25.7. The van der Waals surface area contributed by atoms with Crippen LogP contribution in [0.4, 0.5) is 0 Å². The van der Waals surface area contributed by atoms with Crippen LogP contribution in [-0.4, -0.2) is 37.2 Å². The van der Waals surface area contributed by atoms with E-state index in [0.29, 0.717) is 19.3 Å². The molecule has 82 heavy (non-hydrogen) atoms. The van der Waals surface area contributed by atoms with E-state index in [0.717, 1.165) is 57.8 Å². The summed E-state index contributed by atoms with van der Waals surface area (Å²) in [7, 11) is 0. The highest BCUT2D eigenvalue weighted by Gasteiger charge is 2.20. The van der Waals surface area contributed by atoms with Crippen LogP contribution in [0, 0.1) is 0 Å². The third-order valence-corrected chi connectivity index (χ3v) is 17.2. The monoisotopic (exact) mass is 1150 g/mol. The number of unbranched alkanes of at least 4 members (excludes halogenated alkanes) is 55. The van der Waals surface area contributed by atoms with Crippen molar-refractivity contribution >= 4 is 17.9 Å². The molecule has 0 saturated heterocycles. The number of esters is 3. The minimum atomic E-state index is -0.771. The summed E-state index contributed by atoms with van der Waals surface area (Å²) < 4.78 is 17.0. The van der Waals surface area contributed by atoms with E-state index in [1.807, 2.05) is 0 Å². The molecule has 0 bridgehead atoms. The number of hydrogen-bond donors (Lipinski definition) is 0. The van der Waals surface area contributed by atoms with Gasteiger partial charge in [0.2, 0.25) is 0 Å². The summed E-state index contributed by atoms with van der Waals surface area (Å²) >= 11 is 0. The average Bonchev–Trinajstić information content (AvgIpc) is 3.47. The van der Waals surface area contributed by atoms with Crippen molar-refractivity contribution in [3.8, 4) is 0 Å². The summed E-state index contributed by atoms with van der Waals surface area (Å²) in [5, 5.41) is 0. The van der Waals surface area contributed by atoms with E-state index < -0.39 is 6.10 Å². The highest BCUT2D eigenvalue weighted by molar-refractivity contribution is 5.71. The lowest BCUT2D eigenvalue weighted by atomic mass is 10.0. The van der Waals surface area contributed by atoms with E-state index in [4.69, 9.17) is 14.2 Å². The maximum atomic E-state index is 13.0. The summed E-state index contributed by atoms with van der Waals surface area (Å²) in [6.07, 6.45) is 88.0. The Morgan fingerprint density at radius 2 is 0.402 bits per heavy atom. The molecule has 0 N–H and O–H groups in total. The van der Waals surface area contributed by atoms with E-state index in [2.05, 4.69) is 45.1 Å². The molecule has 6 nitrogen and oxygen atoms in total. The normalized spacial score (nSPS) is 12.1. The zero-order valence-electron chi connectivity index (χ0n) is 55.8. The fourth-order valence-corrected chi connectivity index (χ4v) is 11.6. The maximum Gasteiger partial charge on any atom is 0.306 e. The topological polar surface area (TPSA) is 78.9 Å². The van der Waals surface area contributed by atoms with Crippen LogP contribution in [0.3, 0.4) is 0 Å². The van der Waals surface area contributed by atoms with Gasteiger partial charge in [0, 0.05) is 19.3 Å². The molecule has 0 amide bonds. The fourth-order valence-electron chi connectivity index (χ4n) is 11.6. The molecule has 484 valence electrons. The molecular formula is C76H144O6. The molecule has 0 aliphatic carbocycles. The maximum absolute atomic E-state index is 13.0. The van der Waals surface area contributed by atoms with Crippen LogP contribution < -0.4 is 0 Å². The van der Waals surface area contributed by atoms with Gasteiger partial charge >= 0.3 is 17.9 Å². The van der Waals surface area contributed by atoms with Crippen molar-refractivity contribution in [2.24, 2.45) is 0 Å². The Labute approximate surface area is 513 Å². The zero-order valence-corrected chi connectivity index (χ0v) is 55.8. The minimum Gasteiger partial charge on any atom is -0.462 e. The van der Waals surface area contributed by atoms with Crippen LogP contribution in [0.15, 0.2) is 24.3 Å². The first-order chi connectivity index (χ1) is 40.5. The first kappa shape index (κ1) is 79.9. The van der Waals surface area contributed by atoms with Crippen molar-refractivity contribution in [1.82, 2.24) is 0 Å². The summed E-state index contributed by atoms with van der Waals surface area (Å²) in [6.45, 7) is 6.72. The van der Waals surface area contributed by atoms with Gasteiger partial charge in [-0.25, -0.2) is 0 Å². The van der Waals surface area contributed by atoms with Gasteiger partial charge in [0.25, 0.3) is 0 Å². The quantitative estimate of drug-likeness (QED) is 0.0261. The first-order valence-electron chi connectivity index (χ1n) is 37.3. The van der Waals surface area contributed by atoms with Crippen molar-refractivity contribution < 1.29 is 28.6 Å². The van der Waals surface area contributed by atoms with Gasteiger partial charge in [-0.05, 0) is 70.6 Å². The van der Waals surface area contributed by atoms with E-state index in [1.54, 1.807) is 0 Å². The van der Waals surface area contributed by atoms with E-state index in [1.165, 1.54) is 327 Å². The Bertz CT molecular complexity index is 1320. The van der Waals surface area contributed by atoms with Gasteiger partial charge in [-0.15, -0.1) is 0 Å². The number of carbonyl (C=O) groups is 3. The molecule has 0 saturated carbocycles. The minimum absolute atomic E-state index is 0.0662. The number of allylic oxidation sites excluding steroid dienone is 4. The largest absolute Gasteiger partial charge is 0.462 e. The lowest BCUT2D eigenvalue weighted by molar-refractivity contribution is -0.167. The molecule has 0 aromatic heterocycles. The number of hydrogen-bond acceptors (Lipinski definition) is 6. The van der Waals surface area contributed by atoms with Crippen molar-refractivity contribution in [3.63, 3.8) is 0 Å². The van der Waals surface area contributed by atoms with Crippen molar-refractivity contribution in [1.29, 1.82) is 0 Å². The van der Waals surface area contributed by atoms with Crippen molar-refractivity contribution in [3.05, 3.63) is 24.3 Å². The first-order valence-corrected chi connectivity index (χ1v) is 37.3. The molecule has 0 aromatic carbocycles. The smallest absolute Gasteiger partial charge is 0.306 e. The molecule has 0 heterocycles. The average molecular weight is 1150 g/mol. The van der Waals surface area contributed by atoms with E-state index >= 15 is 0 Å². The zero-order chi connectivity index (χ0) is 59.2. The summed E-state index contributed by atoms with van der Waals surface area (Å²) in [4.78, 5) is 38.5. The Kier molecular flexibility index (Phi) is 69.5. The summed E-state index contributed by atoms with van der Waals surface area (Å²) in [6, 6.07) is 0. The van der Waals surface area contributed by atoms with Crippen LogP contribution in [0.25, 0.3) is 0 Å². The Hall–Kier alpha value is -2.11. The van der Waals surface area contributed by atoms with E-state index in [9.17, 15) is 14.4 Å². The highest BCUT2D eigenvalue weighted by atomic mass is 16.6. The molecule has 0 aromatic rings. The van der Waals surface area contributed by atoms with Gasteiger partial charge in [-0.2, -0.15) is 0 Å². The molecule has 0 rings (SSSR count). The van der Waals surface area contributed by atoms with Crippen LogP contribution in [0.2, 0.25) is 0 Å². The van der Waals surface area contributed by atoms with Gasteiger partial charge in [0.15, 0.2) is 6.10 Å². The van der Waals surface area contributed by atoms with Gasteiger partial charge in [0.05, 0.1) is 0 Å². The van der Waals surface area contributed by atoms with Crippen LogP contribution in [-0.2, 0) is 28.6 Å².